The summed E-state index contributed by atoms with van der Waals surface area (Å²) in [7, 11) is 1.73. The first-order chi connectivity index (χ1) is 11.4. The third-order valence-electron chi connectivity index (χ3n) is 3.77. The van der Waals surface area contributed by atoms with Crippen LogP contribution in [0.5, 0.6) is 0 Å². The summed E-state index contributed by atoms with van der Waals surface area (Å²) in [6, 6.07) is 7.44. The molecule has 1 heterocycles. The van der Waals surface area contributed by atoms with Gasteiger partial charge in [0.05, 0.1) is 0 Å². The summed E-state index contributed by atoms with van der Waals surface area (Å²) >= 11 is 7.51. The van der Waals surface area contributed by atoms with E-state index in [9.17, 15) is 9.59 Å². The zero-order valence-corrected chi connectivity index (χ0v) is 15.5. The van der Waals surface area contributed by atoms with Gasteiger partial charge in [-0.25, -0.2) is 4.98 Å². The fourth-order valence-electron chi connectivity index (χ4n) is 2.37. The van der Waals surface area contributed by atoms with E-state index in [1.807, 2.05) is 24.5 Å². The molecule has 1 aromatic carbocycles. The van der Waals surface area contributed by atoms with Gasteiger partial charge in [0.2, 0.25) is 5.91 Å². The van der Waals surface area contributed by atoms with Crippen LogP contribution in [0.2, 0.25) is 5.02 Å². The number of carbonyl (C=O) groups excluding carboxylic acids is 1. The summed E-state index contributed by atoms with van der Waals surface area (Å²) in [6.45, 7) is 2.24. The highest BCUT2D eigenvalue weighted by Crippen LogP contribution is 2.17. The number of halogens is 1. The maximum atomic E-state index is 12.3. The molecule has 128 valence electrons. The number of hydrogen-bond acceptors (Lipinski definition) is 4. The highest BCUT2D eigenvalue weighted by atomic mass is 35.5. The number of thioether (sulfide) groups is 1. The molecule has 0 aliphatic carbocycles. The first-order valence-electron chi connectivity index (χ1n) is 7.53. The van der Waals surface area contributed by atoms with Crippen molar-refractivity contribution in [3.05, 3.63) is 56.5 Å². The predicted molar refractivity (Wildman–Crippen MR) is 97.6 cm³/mol. The second kappa shape index (κ2) is 8.35. The molecule has 2 aromatic rings. The quantitative estimate of drug-likeness (QED) is 0.631. The van der Waals surface area contributed by atoms with Gasteiger partial charge in [-0.05, 0) is 31.2 Å². The Balaban J connectivity index is 2.00. The normalized spacial score (nSPS) is 10.7. The van der Waals surface area contributed by atoms with Gasteiger partial charge in [0.25, 0.3) is 5.56 Å². The van der Waals surface area contributed by atoms with Crippen molar-refractivity contribution < 1.29 is 4.79 Å². The molecule has 24 heavy (non-hydrogen) atoms. The average molecular weight is 366 g/mol. The summed E-state index contributed by atoms with van der Waals surface area (Å²) < 4.78 is 0. The van der Waals surface area contributed by atoms with Crippen molar-refractivity contribution in [1.29, 1.82) is 0 Å². The number of carbonyl (C=O) groups is 1. The molecule has 0 fully saturated rings. The van der Waals surface area contributed by atoms with Gasteiger partial charge in [0, 0.05) is 36.3 Å². The van der Waals surface area contributed by atoms with Crippen LogP contribution in [0.15, 0.2) is 34.2 Å². The number of aromatic nitrogens is 2. The fraction of sp³-hybridized carbons (Fsp3) is 0.353. The number of rotatable bonds is 6. The monoisotopic (exact) mass is 365 g/mol. The van der Waals surface area contributed by atoms with Crippen LogP contribution in [0, 0.1) is 6.92 Å². The van der Waals surface area contributed by atoms with Crippen LogP contribution in [-0.2, 0) is 17.8 Å². The second-order valence-corrected chi connectivity index (χ2v) is 6.68. The summed E-state index contributed by atoms with van der Waals surface area (Å²) in [5, 5.41) is 1.23. The number of hydrogen-bond donors (Lipinski definition) is 1. The number of aryl methyl sites for hydroxylation is 1. The van der Waals surface area contributed by atoms with Crippen molar-refractivity contribution in [3.8, 4) is 0 Å². The van der Waals surface area contributed by atoms with Gasteiger partial charge in [-0.1, -0.05) is 41.6 Å². The van der Waals surface area contributed by atoms with Crippen LogP contribution in [-0.4, -0.2) is 34.1 Å². The molecule has 2 rings (SSSR count). The maximum Gasteiger partial charge on any atom is 0.254 e. The molecule has 0 radical (unpaired) electrons. The first-order valence-corrected chi connectivity index (χ1v) is 9.13. The van der Waals surface area contributed by atoms with Crippen molar-refractivity contribution in [2.24, 2.45) is 0 Å². The zero-order chi connectivity index (χ0) is 17.7. The fourth-order valence-corrected chi connectivity index (χ4v) is 2.99. The second-order valence-electron chi connectivity index (χ2n) is 5.48. The minimum atomic E-state index is -0.173. The summed E-state index contributed by atoms with van der Waals surface area (Å²) in [5.41, 5.74) is 1.96. The van der Waals surface area contributed by atoms with E-state index in [-0.39, 0.29) is 17.9 Å². The van der Waals surface area contributed by atoms with Crippen molar-refractivity contribution in [2.75, 3.05) is 13.3 Å². The van der Waals surface area contributed by atoms with Crippen molar-refractivity contribution in [2.45, 2.75) is 31.5 Å². The van der Waals surface area contributed by atoms with Gasteiger partial charge < -0.3 is 9.88 Å². The Hall–Kier alpha value is -1.79. The first kappa shape index (κ1) is 18.5. The molecule has 0 spiro atoms. The maximum absolute atomic E-state index is 12.3. The summed E-state index contributed by atoms with van der Waals surface area (Å²) in [4.78, 5) is 33.1. The van der Waals surface area contributed by atoms with Gasteiger partial charge in [-0.2, -0.15) is 0 Å². The molecule has 1 amide bonds. The molecule has 1 aromatic heterocycles. The van der Waals surface area contributed by atoms with Crippen molar-refractivity contribution in [1.82, 2.24) is 14.9 Å². The Bertz CT molecular complexity index is 792. The van der Waals surface area contributed by atoms with Crippen LogP contribution in [0.3, 0.4) is 0 Å². The Morgan fingerprint density at radius 3 is 2.71 bits per heavy atom. The summed E-state index contributed by atoms with van der Waals surface area (Å²) in [5.74, 6) is -0.0392. The molecule has 0 atom stereocenters. The van der Waals surface area contributed by atoms with Crippen LogP contribution >= 0.6 is 23.4 Å². The van der Waals surface area contributed by atoms with Gasteiger partial charge in [-0.15, -0.1) is 0 Å². The smallest absolute Gasteiger partial charge is 0.254 e. The molecule has 0 saturated carbocycles. The number of H-pyrrole nitrogens is 1. The standard InChI is InChI=1S/C17H20ClN3O2S/c1-11-13(16(23)20-17(19-11)24-3)8-9-15(22)21(2)10-12-6-4-5-7-14(12)18/h4-7H,8-10H2,1-3H3,(H,19,20,23). The van der Waals surface area contributed by atoms with Crippen molar-refractivity contribution in [3.63, 3.8) is 0 Å². The van der Waals surface area contributed by atoms with Crippen LogP contribution in [0.1, 0.15) is 23.2 Å². The molecule has 1 N–H and O–H groups in total. The van der Waals surface area contributed by atoms with E-state index in [2.05, 4.69) is 9.97 Å². The average Bonchev–Trinajstić information content (AvgIpc) is 2.55. The Morgan fingerprint density at radius 2 is 2.08 bits per heavy atom. The third-order valence-corrected chi connectivity index (χ3v) is 4.72. The highest BCUT2D eigenvalue weighted by molar-refractivity contribution is 7.98. The van der Waals surface area contributed by atoms with E-state index in [4.69, 9.17) is 11.6 Å². The lowest BCUT2D eigenvalue weighted by atomic mass is 10.1. The lowest BCUT2D eigenvalue weighted by molar-refractivity contribution is -0.130. The lowest BCUT2D eigenvalue weighted by Crippen LogP contribution is -2.27. The zero-order valence-electron chi connectivity index (χ0n) is 13.9. The highest BCUT2D eigenvalue weighted by Gasteiger charge is 2.14. The van der Waals surface area contributed by atoms with E-state index < -0.39 is 0 Å². The van der Waals surface area contributed by atoms with Gasteiger partial charge in [0.1, 0.15) is 0 Å². The van der Waals surface area contributed by atoms with Crippen LogP contribution in [0.25, 0.3) is 0 Å². The van der Waals surface area contributed by atoms with Crippen molar-refractivity contribution >= 4 is 29.3 Å². The van der Waals surface area contributed by atoms with Gasteiger partial charge in [-0.3, -0.25) is 9.59 Å². The van der Waals surface area contributed by atoms with E-state index in [1.54, 1.807) is 24.9 Å². The largest absolute Gasteiger partial charge is 0.341 e. The molecule has 0 saturated heterocycles. The molecular weight excluding hydrogens is 346 g/mol. The van der Waals surface area contributed by atoms with E-state index in [0.29, 0.717) is 34.4 Å². The number of nitrogens with one attached hydrogen (secondary N) is 1. The van der Waals surface area contributed by atoms with Gasteiger partial charge in [0.15, 0.2) is 5.16 Å². The number of aromatic amines is 1. The van der Waals surface area contributed by atoms with Crippen LogP contribution in [0.4, 0.5) is 0 Å². The topological polar surface area (TPSA) is 66.1 Å². The van der Waals surface area contributed by atoms with E-state index >= 15 is 0 Å². The predicted octanol–water partition coefficient (Wildman–Crippen LogP) is 3.04. The molecule has 0 unspecified atom stereocenters. The summed E-state index contributed by atoms with van der Waals surface area (Å²) in [6.07, 6.45) is 2.48. The number of amides is 1. The molecule has 5 nitrogen and oxygen atoms in total. The molecule has 0 aliphatic heterocycles. The minimum Gasteiger partial charge on any atom is -0.341 e. The van der Waals surface area contributed by atoms with E-state index in [1.165, 1.54) is 11.8 Å². The molecule has 0 aliphatic rings. The van der Waals surface area contributed by atoms with Gasteiger partial charge >= 0.3 is 0 Å². The lowest BCUT2D eigenvalue weighted by Gasteiger charge is -2.18. The third kappa shape index (κ3) is 4.61. The number of nitrogens with zero attached hydrogens (tertiary/aromatic N) is 2. The van der Waals surface area contributed by atoms with Crippen LogP contribution < -0.4 is 5.56 Å². The molecular formula is C17H20ClN3O2S. The number of benzene rings is 1. The minimum absolute atomic E-state index is 0.0392. The SMILES string of the molecule is CSc1nc(C)c(CCC(=O)N(C)Cc2ccccc2Cl)c(=O)[nH]1. The van der Waals surface area contributed by atoms with E-state index in [0.717, 1.165) is 5.56 Å². The molecule has 0 bridgehead atoms. The molecule has 7 heteroatoms. The Labute approximate surface area is 150 Å². The Morgan fingerprint density at radius 1 is 1.38 bits per heavy atom. The Kier molecular flexibility index (Phi) is 6.45.